The quantitative estimate of drug-likeness (QED) is 0.727. The van der Waals surface area contributed by atoms with E-state index in [2.05, 4.69) is 23.0 Å². The summed E-state index contributed by atoms with van der Waals surface area (Å²) in [6.45, 7) is 2.49. The number of carbonyl (C=O) groups excluding carboxylic acids is 1. The van der Waals surface area contributed by atoms with Crippen LogP contribution < -0.4 is 4.74 Å². The normalized spacial score (nSPS) is 10.7. The van der Waals surface area contributed by atoms with Gasteiger partial charge in [0.15, 0.2) is 0 Å². The minimum Gasteiger partial charge on any atom is -0.486 e. The van der Waals surface area contributed by atoms with E-state index in [0.29, 0.717) is 12.2 Å². The fraction of sp³-hybridized carbons (Fsp3) is 0.176. The molecular weight excluding hydrogens is 264 g/mol. The Balaban J connectivity index is 1.76. The predicted octanol–water partition coefficient (Wildman–Crippen LogP) is 3.52. The highest BCUT2D eigenvalue weighted by Crippen LogP contribution is 2.17. The number of aryl methyl sites for hydroxylation is 1. The number of carbonyl (C=O) groups is 1. The minimum atomic E-state index is 0.373. The molecular formula is C17H16N2O2. The second kappa shape index (κ2) is 5.79. The molecule has 0 fully saturated rings. The van der Waals surface area contributed by atoms with Gasteiger partial charge in [-0.15, -0.1) is 0 Å². The zero-order valence-corrected chi connectivity index (χ0v) is 11.8. The van der Waals surface area contributed by atoms with Crippen LogP contribution in [0.5, 0.6) is 5.75 Å². The van der Waals surface area contributed by atoms with E-state index in [1.165, 1.54) is 5.56 Å². The van der Waals surface area contributed by atoms with Gasteiger partial charge in [-0.3, -0.25) is 4.79 Å². The highest BCUT2D eigenvalue weighted by molar-refractivity contribution is 5.84. The summed E-state index contributed by atoms with van der Waals surface area (Å²) in [7, 11) is 0. The first-order chi connectivity index (χ1) is 10.3. The Morgan fingerprint density at radius 2 is 2.14 bits per heavy atom. The number of hydrogen-bond donors (Lipinski definition) is 1. The van der Waals surface area contributed by atoms with Crippen molar-refractivity contribution < 1.29 is 9.53 Å². The average molecular weight is 280 g/mol. The summed E-state index contributed by atoms with van der Waals surface area (Å²) in [5.41, 5.74) is 3.56. The molecule has 0 atom stereocenters. The molecule has 0 aliphatic heterocycles. The maximum Gasteiger partial charge on any atom is 0.150 e. The van der Waals surface area contributed by atoms with E-state index in [-0.39, 0.29) is 0 Å². The number of H-pyrrole nitrogens is 1. The van der Waals surface area contributed by atoms with Gasteiger partial charge in [-0.1, -0.05) is 19.1 Å². The van der Waals surface area contributed by atoms with Gasteiger partial charge in [0.25, 0.3) is 0 Å². The van der Waals surface area contributed by atoms with Crippen LogP contribution in [-0.4, -0.2) is 16.3 Å². The fourth-order valence-corrected chi connectivity index (χ4v) is 2.23. The second-order valence-electron chi connectivity index (χ2n) is 4.87. The Hall–Kier alpha value is -2.62. The molecule has 3 aromatic rings. The molecule has 0 saturated heterocycles. The zero-order chi connectivity index (χ0) is 14.7. The van der Waals surface area contributed by atoms with E-state index in [0.717, 1.165) is 35.3 Å². The van der Waals surface area contributed by atoms with Crippen molar-refractivity contribution in [3.05, 3.63) is 59.4 Å². The number of rotatable bonds is 5. The summed E-state index contributed by atoms with van der Waals surface area (Å²) in [4.78, 5) is 18.4. The van der Waals surface area contributed by atoms with Crippen LogP contribution in [0.3, 0.4) is 0 Å². The van der Waals surface area contributed by atoms with E-state index in [4.69, 9.17) is 4.74 Å². The third-order valence-electron chi connectivity index (χ3n) is 3.37. The number of nitrogens with zero attached hydrogens (tertiary/aromatic N) is 1. The number of fused-ring (bicyclic) bond motifs is 1. The Kier molecular flexibility index (Phi) is 3.69. The first kappa shape index (κ1) is 13.4. The topological polar surface area (TPSA) is 55.0 Å². The monoisotopic (exact) mass is 280 g/mol. The van der Waals surface area contributed by atoms with Gasteiger partial charge in [-0.25, -0.2) is 4.98 Å². The summed E-state index contributed by atoms with van der Waals surface area (Å²) >= 11 is 0. The second-order valence-corrected chi connectivity index (χ2v) is 4.87. The predicted molar refractivity (Wildman–Crippen MR) is 81.6 cm³/mol. The molecule has 21 heavy (non-hydrogen) atoms. The maximum absolute atomic E-state index is 10.8. The van der Waals surface area contributed by atoms with Crippen molar-refractivity contribution in [2.24, 2.45) is 0 Å². The number of hydrogen-bond acceptors (Lipinski definition) is 3. The van der Waals surface area contributed by atoms with Crippen molar-refractivity contribution in [3.63, 3.8) is 0 Å². The van der Waals surface area contributed by atoms with E-state index in [1.54, 1.807) is 12.1 Å². The number of benzene rings is 2. The van der Waals surface area contributed by atoms with Crippen molar-refractivity contribution in [3.8, 4) is 5.75 Å². The molecule has 2 aromatic carbocycles. The number of aldehydes is 1. The van der Waals surface area contributed by atoms with Gasteiger partial charge in [0, 0.05) is 5.56 Å². The number of imidazole rings is 1. The van der Waals surface area contributed by atoms with E-state index >= 15 is 0 Å². The fourth-order valence-electron chi connectivity index (χ4n) is 2.23. The summed E-state index contributed by atoms with van der Waals surface area (Å²) < 4.78 is 5.76. The standard InChI is InChI=1S/C17H16N2O2/c1-2-12-4-3-5-14(8-12)21-11-17-18-15-7-6-13(10-20)9-16(15)19-17/h3-10H,2,11H2,1H3,(H,18,19). The van der Waals surface area contributed by atoms with Crippen LogP contribution >= 0.6 is 0 Å². The summed E-state index contributed by atoms with van der Waals surface area (Å²) in [5, 5.41) is 0. The van der Waals surface area contributed by atoms with Crippen LogP contribution in [0.4, 0.5) is 0 Å². The van der Waals surface area contributed by atoms with Crippen LogP contribution in [0.25, 0.3) is 11.0 Å². The molecule has 4 nitrogen and oxygen atoms in total. The molecule has 0 aliphatic carbocycles. The summed E-state index contributed by atoms with van der Waals surface area (Å²) in [5.74, 6) is 1.58. The Morgan fingerprint density at radius 3 is 2.95 bits per heavy atom. The summed E-state index contributed by atoms with van der Waals surface area (Å²) in [6.07, 6.45) is 1.81. The van der Waals surface area contributed by atoms with Gasteiger partial charge in [-0.2, -0.15) is 0 Å². The lowest BCUT2D eigenvalue weighted by molar-refractivity contribution is 0.112. The zero-order valence-electron chi connectivity index (χ0n) is 11.8. The van der Waals surface area contributed by atoms with E-state index < -0.39 is 0 Å². The van der Waals surface area contributed by atoms with Crippen LogP contribution in [0.1, 0.15) is 28.7 Å². The first-order valence-electron chi connectivity index (χ1n) is 6.94. The van der Waals surface area contributed by atoms with Crippen LogP contribution in [0.2, 0.25) is 0 Å². The number of aromatic amines is 1. The van der Waals surface area contributed by atoms with Crippen molar-refractivity contribution in [2.75, 3.05) is 0 Å². The minimum absolute atomic E-state index is 0.373. The van der Waals surface area contributed by atoms with Crippen molar-refractivity contribution in [1.82, 2.24) is 9.97 Å². The van der Waals surface area contributed by atoms with Gasteiger partial charge < -0.3 is 9.72 Å². The molecule has 0 saturated carbocycles. The molecule has 1 aromatic heterocycles. The van der Waals surface area contributed by atoms with Crippen LogP contribution in [-0.2, 0) is 13.0 Å². The summed E-state index contributed by atoms with van der Waals surface area (Å²) in [6, 6.07) is 13.4. The van der Waals surface area contributed by atoms with E-state index in [9.17, 15) is 4.79 Å². The smallest absolute Gasteiger partial charge is 0.150 e. The molecule has 0 aliphatic rings. The molecule has 1 N–H and O–H groups in total. The van der Waals surface area contributed by atoms with Crippen LogP contribution in [0.15, 0.2) is 42.5 Å². The Bertz CT molecular complexity index is 777. The molecule has 4 heteroatoms. The number of nitrogens with one attached hydrogen (secondary N) is 1. The molecule has 0 unspecified atom stereocenters. The van der Waals surface area contributed by atoms with E-state index in [1.807, 2.05) is 24.3 Å². The first-order valence-corrected chi connectivity index (χ1v) is 6.94. The van der Waals surface area contributed by atoms with Crippen molar-refractivity contribution in [2.45, 2.75) is 20.0 Å². The third-order valence-corrected chi connectivity index (χ3v) is 3.37. The highest BCUT2D eigenvalue weighted by Gasteiger charge is 2.05. The lowest BCUT2D eigenvalue weighted by Gasteiger charge is -2.05. The molecule has 0 amide bonds. The Labute approximate surface area is 122 Å². The van der Waals surface area contributed by atoms with Crippen molar-refractivity contribution in [1.29, 1.82) is 0 Å². The van der Waals surface area contributed by atoms with Crippen molar-refractivity contribution >= 4 is 17.3 Å². The highest BCUT2D eigenvalue weighted by atomic mass is 16.5. The molecule has 3 rings (SSSR count). The largest absolute Gasteiger partial charge is 0.486 e. The van der Waals surface area contributed by atoms with Gasteiger partial charge in [0.1, 0.15) is 24.5 Å². The third kappa shape index (κ3) is 2.94. The molecule has 0 radical (unpaired) electrons. The van der Waals surface area contributed by atoms with Gasteiger partial charge in [0.05, 0.1) is 11.0 Å². The molecule has 1 heterocycles. The Morgan fingerprint density at radius 1 is 1.24 bits per heavy atom. The number of aromatic nitrogens is 2. The maximum atomic E-state index is 10.8. The molecule has 0 bridgehead atoms. The average Bonchev–Trinajstić information content (AvgIpc) is 2.95. The molecule has 106 valence electrons. The van der Waals surface area contributed by atoms with Gasteiger partial charge in [0.2, 0.25) is 0 Å². The number of ether oxygens (including phenoxy) is 1. The lowest BCUT2D eigenvalue weighted by atomic mass is 10.2. The van der Waals surface area contributed by atoms with Crippen LogP contribution in [0, 0.1) is 0 Å². The van der Waals surface area contributed by atoms with Gasteiger partial charge >= 0.3 is 0 Å². The molecule has 0 spiro atoms. The van der Waals surface area contributed by atoms with Gasteiger partial charge in [-0.05, 0) is 42.3 Å². The lowest BCUT2D eigenvalue weighted by Crippen LogP contribution is -1.97. The SMILES string of the molecule is CCc1cccc(OCc2nc3ccc(C=O)cc3[nH]2)c1.